The van der Waals surface area contributed by atoms with E-state index in [-0.39, 0.29) is 61.8 Å². The van der Waals surface area contributed by atoms with E-state index in [1.165, 1.54) is 116 Å². The quantitative estimate of drug-likeness (QED) is 0.0573. The fraction of sp³-hybridized carbons (Fsp3) is 0.608. The van der Waals surface area contributed by atoms with Crippen molar-refractivity contribution in [1.82, 2.24) is 36.8 Å². The average molecular weight is 1520 g/mol. The van der Waals surface area contributed by atoms with E-state index in [1.807, 2.05) is 4.90 Å². The number of nitrogens with zero attached hydrogens (tertiary/aromatic N) is 8. The summed E-state index contributed by atoms with van der Waals surface area (Å²) in [5.74, 6) is 0.229. The molecule has 4 aromatic rings. The van der Waals surface area contributed by atoms with E-state index in [0.29, 0.717) is 139 Å². The van der Waals surface area contributed by atoms with Gasteiger partial charge in [0.1, 0.15) is 22.9 Å². The molecule has 9 aliphatic rings. The van der Waals surface area contributed by atoms with E-state index in [0.717, 1.165) is 71.2 Å². The maximum Gasteiger partial charge on any atom is 0.320 e. The first-order chi connectivity index (χ1) is 49.5. The average Bonchev–Trinajstić information content (AvgIpc) is 1.54. The predicted molar refractivity (Wildman–Crippen MR) is 389 cm³/mol. The number of benzene rings is 4. The summed E-state index contributed by atoms with van der Waals surface area (Å²) in [6, 6.07) is 24.6. The van der Waals surface area contributed by atoms with Crippen LogP contribution in [0.3, 0.4) is 0 Å². The minimum Gasteiger partial charge on any atom is -0.465 e. The van der Waals surface area contributed by atoms with Gasteiger partial charge in [0.05, 0.1) is 59.2 Å². The SMILES string of the molecule is CC(=O)c1ccc(S(=O)(=O)N2CCOC23CCN(CC2CC2)CC3)cc1.CCCCN1CCC2(CC1)OCCN2S(=O)(=O)c1ccc(C(C)=O)cc1.CCN1CCC2(CC1)OCCN2S(=O)(=O)c1ccc(C(C)=O)cc1.CCOC(=O)CN1CCC2(CC1)OCCN2S(=O)(=O)c1ccc(C(C)=O)cc1. The van der Waals surface area contributed by atoms with Crippen LogP contribution in [0.25, 0.3) is 0 Å². The zero-order valence-corrected chi connectivity index (χ0v) is 64.5. The second-order valence-corrected chi connectivity index (χ2v) is 35.7. The van der Waals surface area contributed by atoms with Crippen molar-refractivity contribution in [2.24, 2.45) is 5.92 Å². The summed E-state index contributed by atoms with van der Waals surface area (Å²) in [6.45, 7) is 24.9. The van der Waals surface area contributed by atoms with Gasteiger partial charge in [0.15, 0.2) is 23.1 Å². The lowest BCUT2D eigenvalue weighted by Crippen LogP contribution is -2.55. The minimum atomic E-state index is -3.75. The molecule has 8 saturated heterocycles. The molecule has 8 aliphatic heterocycles. The highest BCUT2D eigenvalue weighted by atomic mass is 32.2. The first kappa shape index (κ1) is 80.9. The Morgan fingerprint density at radius 2 is 0.654 bits per heavy atom. The van der Waals surface area contributed by atoms with Crippen molar-refractivity contribution in [3.05, 3.63) is 119 Å². The monoisotopic (exact) mass is 1520 g/mol. The maximum atomic E-state index is 13.2. The number of hydrogen-bond donors (Lipinski definition) is 0. The third-order valence-corrected chi connectivity index (χ3v) is 29.4. The van der Waals surface area contributed by atoms with Gasteiger partial charge in [0, 0.05) is 159 Å². The van der Waals surface area contributed by atoms with Gasteiger partial charge in [0.2, 0.25) is 40.1 Å². The molecule has 4 aromatic carbocycles. The predicted octanol–water partition coefficient (Wildman–Crippen LogP) is 7.60. The lowest BCUT2D eigenvalue weighted by molar-refractivity contribution is -0.147. The molecule has 0 bridgehead atoms. The number of carbonyl (C=O) groups is 5. The van der Waals surface area contributed by atoms with Crippen LogP contribution in [0.2, 0.25) is 0 Å². The van der Waals surface area contributed by atoms with Gasteiger partial charge in [-0.3, -0.25) is 28.9 Å². The molecule has 1 aliphatic carbocycles. The standard InChI is InChI=1S/C19H26N2O6S.C19H26N2O4S.C19H28N2O4S.C17H24N2O4S/c1-3-26-18(23)14-20-10-8-19(9-11-20)21(12-13-27-19)28(24,25)17-6-4-16(5-7-17)15(2)22;1-15(22)17-4-6-18(7-5-17)26(23,24)21-12-13-25-19(21)8-10-20(11-9-19)14-16-2-3-16;1-3-4-11-20-12-9-19(10-13-20)21(14-15-25-19)26(23,24)18-7-5-17(6-8-18)16(2)22;1-3-18-10-8-17(9-11-18)19(12-13-23-17)24(21,22)16-6-4-15(5-7-16)14(2)20/h4-7H,3,8-14H2,1-2H3;4-7,16H,2-3,8-14H2,1H3;5-8H,3-4,9-15H2,1-2H3;4-7H,3,8-13H2,1-2H3. The molecule has 0 amide bonds. The molecule has 26 nitrogen and oxygen atoms in total. The largest absolute Gasteiger partial charge is 0.465 e. The number of rotatable bonds is 21. The van der Waals surface area contributed by atoms with Gasteiger partial charge in [-0.15, -0.1) is 0 Å². The van der Waals surface area contributed by atoms with Crippen molar-refractivity contribution in [3.63, 3.8) is 0 Å². The Balaban J connectivity index is 0.000000149. The summed E-state index contributed by atoms with van der Waals surface area (Å²) in [4.78, 5) is 67.3. The highest BCUT2D eigenvalue weighted by Gasteiger charge is 2.55. The summed E-state index contributed by atoms with van der Waals surface area (Å²) in [5, 5.41) is 0. The second kappa shape index (κ2) is 34.3. The molecule has 0 radical (unpaired) electrons. The van der Waals surface area contributed by atoms with E-state index in [2.05, 4.69) is 28.5 Å². The van der Waals surface area contributed by atoms with Crippen LogP contribution in [0.15, 0.2) is 117 Å². The van der Waals surface area contributed by atoms with Crippen LogP contribution in [0.4, 0.5) is 0 Å². The third kappa shape index (κ3) is 18.4. The normalized spacial score (nSPS) is 22.0. The Bertz CT molecular complexity index is 4110. The number of hydrogen-bond acceptors (Lipinski definition) is 22. The number of ether oxygens (including phenoxy) is 5. The number of ketones is 4. The molecule has 4 spiro atoms. The molecule has 8 heterocycles. The number of sulfonamides is 4. The van der Waals surface area contributed by atoms with Crippen LogP contribution in [0.5, 0.6) is 0 Å². The van der Waals surface area contributed by atoms with Gasteiger partial charge in [-0.05, 0) is 121 Å². The van der Waals surface area contributed by atoms with Gasteiger partial charge < -0.3 is 38.4 Å². The summed E-state index contributed by atoms with van der Waals surface area (Å²) >= 11 is 0. The summed E-state index contributed by atoms with van der Waals surface area (Å²) in [5.41, 5.74) is -1.02. The van der Waals surface area contributed by atoms with Crippen LogP contribution in [0, 0.1) is 5.92 Å². The van der Waals surface area contributed by atoms with Crippen molar-refractivity contribution >= 4 is 69.2 Å². The van der Waals surface area contributed by atoms with Crippen molar-refractivity contribution in [3.8, 4) is 0 Å². The van der Waals surface area contributed by atoms with Crippen LogP contribution in [-0.4, -0.2) is 260 Å². The van der Waals surface area contributed by atoms with Crippen LogP contribution in [-0.2, 0) is 68.6 Å². The van der Waals surface area contributed by atoms with Gasteiger partial charge >= 0.3 is 5.97 Å². The molecule has 0 atom stereocenters. The Morgan fingerprint density at radius 1 is 0.385 bits per heavy atom. The zero-order valence-electron chi connectivity index (χ0n) is 61.2. The summed E-state index contributed by atoms with van der Waals surface area (Å²) in [7, 11) is -14.7. The maximum absolute atomic E-state index is 13.2. The van der Waals surface area contributed by atoms with Crippen molar-refractivity contribution < 1.29 is 81.3 Å². The minimum absolute atomic E-state index is 0.0713. The number of carbonyl (C=O) groups excluding carboxylic acids is 5. The van der Waals surface area contributed by atoms with Crippen LogP contribution in [0.1, 0.15) is 167 Å². The second-order valence-electron chi connectivity index (χ2n) is 28.3. The van der Waals surface area contributed by atoms with Crippen molar-refractivity contribution in [1.29, 1.82) is 0 Å². The Labute approximate surface area is 614 Å². The van der Waals surface area contributed by atoms with Gasteiger partial charge in [0.25, 0.3) is 0 Å². The first-order valence-electron chi connectivity index (χ1n) is 36.6. The van der Waals surface area contributed by atoms with Gasteiger partial charge in [-0.1, -0.05) is 68.8 Å². The lowest BCUT2D eigenvalue weighted by Gasteiger charge is -2.43. The number of Topliss-reactive ketones (excluding diaryl/α,β-unsaturated/α-hetero) is 4. The van der Waals surface area contributed by atoms with E-state index < -0.39 is 63.0 Å². The van der Waals surface area contributed by atoms with Gasteiger partial charge in [-0.2, -0.15) is 17.2 Å². The number of piperidine rings is 4. The number of unbranched alkanes of at least 4 members (excludes halogenated alkanes) is 1. The van der Waals surface area contributed by atoms with E-state index in [9.17, 15) is 57.6 Å². The summed E-state index contributed by atoms with van der Waals surface area (Å²) in [6.07, 6.45) is 10.1. The van der Waals surface area contributed by atoms with Crippen LogP contribution >= 0.6 is 0 Å². The fourth-order valence-electron chi connectivity index (χ4n) is 15.2. The molecule has 1 saturated carbocycles. The smallest absolute Gasteiger partial charge is 0.320 e. The molecule has 30 heteroatoms. The lowest BCUT2D eigenvalue weighted by atomic mass is 10.0. The van der Waals surface area contributed by atoms with E-state index >= 15 is 0 Å². The van der Waals surface area contributed by atoms with Crippen LogP contribution < -0.4 is 0 Å². The van der Waals surface area contributed by atoms with Crippen molar-refractivity contribution in [2.45, 2.75) is 168 Å². The number of likely N-dealkylation sites (tertiary alicyclic amines) is 4. The molecule has 0 N–H and O–H groups in total. The molecule has 0 unspecified atom stereocenters. The molecule has 0 aromatic heterocycles. The Hall–Kier alpha value is -5.65. The zero-order chi connectivity index (χ0) is 74.9. The highest BCUT2D eigenvalue weighted by molar-refractivity contribution is 7.90. The molecule has 572 valence electrons. The first-order valence-corrected chi connectivity index (χ1v) is 42.4. The van der Waals surface area contributed by atoms with Gasteiger partial charge in [-0.25, -0.2) is 33.7 Å². The Kier molecular flexibility index (Phi) is 26.7. The molecule has 9 fully saturated rings. The van der Waals surface area contributed by atoms with E-state index in [4.69, 9.17) is 23.7 Å². The molecular formula is C74H104N8O18S4. The molecular weight excluding hydrogens is 1420 g/mol. The van der Waals surface area contributed by atoms with Crippen molar-refractivity contribution in [2.75, 3.05) is 138 Å². The molecule has 104 heavy (non-hydrogen) atoms. The Morgan fingerprint density at radius 3 is 0.904 bits per heavy atom. The summed E-state index contributed by atoms with van der Waals surface area (Å²) < 4.78 is 140. The third-order valence-electron chi connectivity index (χ3n) is 21.6. The highest BCUT2D eigenvalue weighted by Crippen LogP contribution is 2.43. The fourth-order valence-corrected chi connectivity index (χ4v) is 22.1. The number of esters is 1. The molecule has 13 rings (SSSR count). The van der Waals surface area contributed by atoms with E-state index in [1.54, 1.807) is 51.9 Å². The topological polar surface area (TPSA) is 294 Å².